The van der Waals surface area contributed by atoms with Gasteiger partial charge in [-0.3, -0.25) is 4.79 Å². The largest absolute Gasteiger partial charge is 0.298 e. The zero-order chi connectivity index (χ0) is 14.8. The first-order valence-corrected chi connectivity index (χ1v) is 5.97. The summed E-state index contributed by atoms with van der Waals surface area (Å²) in [5.41, 5.74) is 0.0631. The molecule has 0 spiro atoms. The Morgan fingerprint density at radius 3 is 2.57 bits per heavy atom. The van der Waals surface area contributed by atoms with Crippen molar-refractivity contribution in [2.24, 2.45) is 0 Å². The summed E-state index contributed by atoms with van der Waals surface area (Å²) in [6, 6.07) is 5.32. The van der Waals surface area contributed by atoms with Crippen LogP contribution in [0, 0.1) is 11.6 Å². The van der Waals surface area contributed by atoms with Gasteiger partial charge in [-0.2, -0.15) is 5.10 Å². The second-order valence-electron chi connectivity index (χ2n) is 4.15. The van der Waals surface area contributed by atoms with E-state index >= 15 is 0 Å². The molecule has 3 aromatic rings. The van der Waals surface area contributed by atoms with Gasteiger partial charge in [0.15, 0.2) is 17.9 Å². The lowest BCUT2D eigenvalue weighted by atomic mass is 10.1. The molecule has 2 aromatic heterocycles. The van der Waals surface area contributed by atoms with Crippen molar-refractivity contribution in [3.05, 3.63) is 60.1 Å². The molecular formula is C14H8F2N4O. The summed E-state index contributed by atoms with van der Waals surface area (Å²) in [5.74, 6) is -1.83. The molecule has 104 valence electrons. The standard InChI is InChI=1S/C14H8F2N4O/c15-11-4-1-3-10(12(11)16)13-9(8-21)7-20(19-13)14-17-5-2-6-18-14/h1-8H. The molecular weight excluding hydrogens is 278 g/mol. The molecule has 0 N–H and O–H groups in total. The van der Waals surface area contributed by atoms with Gasteiger partial charge in [0, 0.05) is 24.2 Å². The SMILES string of the molecule is O=Cc1cn(-c2ncccn2)nc1-c1cccc(F)c1F. The zero-order valence-electron chi connectivity index (χ0n) is 10.6. The predicted octanol–water partition coefficient (Wildman–Crippen LogP) is 2.42. The van der Waals surface area contributed by atoms with Gasteiger partial charge >= 0.3 is 0 Å². The first kappa shape index (κ1) is 13.0. The topological polar surface area (TPSA) is 60.7 Å². The van der Waals surface area contributed by atoms with Gasteiger partial charge in [-0.1, -0.05) is 6.07 Å². The van der Waals surface area contributed by atoms with Gasteiger partial charge in [-0.05, 0) is 18.2 Å². The first-order chi connectivity index (χ1) is 10.2. The van der Waals surface area contributed by atoms with E-state index < -0.39 is 11.6 Å². The molecule has 0 aliphatic carbocycles. The summed E-state index contributed by atoms with van der Waals surface area (Å²) < 4.78 is 28.4. The maximum Gasteiger partial charge on any atom is 0.250 e. The van der Waals surface area contributed by atoms with Gasteiger partial charge in [0.25, 0.3) is 0 Å². The van der Waals surface area contributed by atoms with Crippen molar-refractivity contribution in [2.75, 3.05) is 0 Å². The highest BCUT2D eigenvalue weighted by molar-refractivity contribution is 5.85. The molecule has 0 fully saturated rings. The number of nitrogens with zero attached hydrogens (tertiary/aromatic N) is 4. The number of carbonyl (C=O) groups is 1. The van der Waals surface area contributed by atoms with E-state index in [-0.39, 0.29) is 22.8 Å². The van der Waals surface area contributed by atoms with Crippen LogP contribution in [0.3, 0.4) is 0 Å². The minimum atomic E-state index is -1.06. The van der Waals surface area contributed by atoms with Crippen LogP contribution in [0.1, 0.15) is 10.4 Å². The van der Waals surface area contributed by atoms with Crippen molar-refractivity contribution < 1.29 is 13.6 Å². The number of aromatic nitrogens is 4. The minimum absolute atomic E-state index is 0.0365. The molecule has 0 saturated carbocycles. The van der Waals surface area contributed by atoms with Crippen molar-refractivity contribution in [1.29, 1.82) is 0 Å². The number of hydrogen-bond donors (Lipinski definition) is 0. The summed E-state index contributed by atoms with van der Waals surface area (Å²) in [4.78, 5) is 19.1. The molecule has 0 unspecified atom stereocenters. The van der Waals surface area contributed by atoms with Crippen molar-refractivity contribution in [3.63, 3.8) is 0 Å². The van der Waals surface area contributed by atoms with E-state index in [1.54, 1.807) is 6.07 Å². The second kappa shape index (κ2) is 5.20. The Bertz CT molecular complexity index is 802. The quantitative estimate of drug-likeness (QED) is 0.694. The lowest BCUT2D eigenvalue weighted by molar-refractivity contribution is 0.112. The van der Waals surface area contributed by atoms with E-state index in [4.69, 9.17) is 0 Å². The average molecular weight is 286 g/mol. The highest BCUT2D eigenvalue weighted by Gasteiger charge is 2.18. The van der Waals surface area contributed by atoms with Gasteiger partial charge in [-0.15, -0.1) is 0 Å². The monoisotopic (exact) mass is 286 g/mol. The van der Waals surface area contributed by atoms with E-state index in [0.29, 0.717) is 6.29 Å². The molecule has 5 nitrogen and oxygen atoms in total. The molecule has 0 bridgehead atoms. The van der Waals surface area contributed by atoms with Gasteiger partial charge in [0.1, 0.15) is 5.69 Å². The third kappa shape index (κ3) is 2.29. The fourth-order valence-electron chi connectivity index (χ4n) is 1.88. The smallest absolute Gasteiger partial charge is 0.250 e. The first-order valence-electron chi connectivity index (χ1n) is 5.97. The lowest BCUT2D eigenvalue weighted by Gasteiger charge is -2.01. The Balaban J connectivity index is 2.17. The molecule has 0 radical (unpaired) electrons. The van der Waals surface area contributed by atoms with Crippen LogP contribution in [0.2, 0.25) is 0 Å². The van der Waals surface area contributed by atoms with E-state index in [2.05, 4.69) is 15.1 Å². The zero-order valence-corrected chi connectivity index (χ0v) is 10.6. The molecule has 7 heteroatoms. The number of aldehydes is 1. The van der Waals surface area contributed by atoms with Gasteiger partial charge in [0.2, 0.25) is 5.95 Å². The lowest BCUT2D eigenvalue weighted by Crippen LogP contribution is -2.00. The summed E-state index contributed by atoms with van der Waals surface area (Å²) >= 11 is 0. The fraction of sp³-hybridized carbons (Fsp3) is 0. The maximum atomic E-state index is 13.8. The Kier molecular flexibility index (Phi) is 3.23. The highest BCUT2D eigenvalue weighted by Crippen LogP contribution is 2.26. The van der Waals surface area contributed by atoms with Crippen LogP contribution in [0.15, 0.2) is 42.9 Å². The molecule has 0 atom stereocenters. The van der Waals surface area contributed by atoms with Gasteiger partial charge in [0.05, 0.1) is 5.56 Å². The second-order valence-corrected chi connectivity index (χ2v) is 4.15. The van der Waals surface area contributed by atoms with Crippen LogP contribution >= 0.6 is 0 Å². The molecule has 0 saturated heterocycles. The third-order valence-corrected chi connectivity index (χ3v) is 2.83. The fourth-order valence-corrected chi connectivity index (χ4v) is 1.88. The van der Waals surface area contributed by atoms with Crippen molar-refractivity contribution in [3.8, 4) is 17.2 Å². The molecule has 21 heavy (non-hydrogen) atoms. The Morgan fingerprint density at radius 1 is 1.10 bits per heavy atom. The van der Waals surface area contributed by atoms with E-state index in [0.717, 1.165) is 6.07 Å². The van der Waals surface area contributed by atoms with E-state index in [1.807, 2.05) is 0 Å². The third-order valence-electron chi connectivity index (χ3n) is 2.83. The van der Waals surface area contributed by atoms with Gasteiger partial charge < -0.3 is 0 Å². The average Bonchev–Trinajstić information content (AvgIpc) is 2.95. The van der Waals surface area contributed by atoms with Crippen molar-refractivity contribution in [2.45, 2.75) is 0 Å². The highest BCUT2D eigenvalue weighted by atomic mass is 19.2. The minimum Gasteiger partial charge on any atom is -0.298 e. The molecule has 2 heterocycles. The maximum absolute atomic E-state index is 13.8. The Hall–Kier alpha value is -2.96. The molecule has 1 aromatic carbocycles. The molecule has 0 aliphatic rings. The summed E-state index contributed by atoms with van der Waals surface area (Å²) in [6.07, 6.45) is 4.90. The van der Waals surface area contributed by atoms with Gasteiger partial charge in [-0.25, -0.2) is 23.4 Å². The molecule has 0 amide bonds. The number of carbonyl (C=O) groups excluding carboxylic acids is 1. The van der Waals surface area contributed by atoms with Crippen LogP contribution in [-0.4, -0.2) is 26.0 Å². The summed E-state index contributed by atoms with van der Waals surface area (Å²) in [5, 5.41) is 4.08. The molecule has 0 aliphatic heterocycles. The van der Waals surface area contributed by atoms with Crippen molar-refractivity contribution in [1.82, 2.24) is 19.7 Å². The number of benzene rings is 1. The Morgan fingerprint density at radius 2 is 1.86 bits per heavy atom. The summed E-state index contributed by atoms with van der Waals surface area (Å²) in [6.45, 7) is 0. The Labute approximate surface area is 117 Å². The number of hydrogen-bond acceptors (Lipinski definition) is 4. The van der Waals surface area contributed by atoms with Crippen molar-refractivity contribution >= 4 is 6.29 Å². The van der Waals surface area contributed by atoms with E-state index in [1.165, 1.54) is 35.4 Å². The van der Waals surface area contributed by atoms with Crippen LogP contribution in [0.4, 0.5) is 8.78 Å². The number of halogens is 2. The number of rotatable bonds is 3. The molecule has 3 rings (SSSR count). The normalized spacial score (nSPS) is 10.6. The van der Waals surface area contributed by atoms with Crippen LogP contribution in [0.5, 0.6) is 0 Å². The van der Waals surface area contributed by atoms with E-state index in [9.17, 15) is 13.6 Å². The van der Waals surface area contributed by atoms with Crippen LogP contribution in [-0.2, 0) is 0 Å². The summed E-state index contributed by atoms with van der Waals surface area (Å²) in [7, 11) is 0. The van der Waals surface area contributed by atoms with Crippen LogP contribution < -0.4 is 0 Å². The predicted molar refractivity (Wildman–Crippen MR) is 69.9 cm³/mol. The van der Waals surface area contributed by atoms with Crippen LogP contribution in [0.25, 0.3) is 17.2 Å².